The van der Waals surface area contributed by atoms with Gasteiger partial charge in [-0.15, -0.1) is 0 Å². The first kappa shape index (κ1) is 25.5. The van der Waals surface area contributed by atoms with Crippen LogP contribution in [0.3, 0.4) is 0 Å². The molecule has 0 fully saturated rings. The third kappa shape index (κ3) is 10.3. The van der Waals surface area contributed by atoms with Crippen LogP contribution in [0.5, 0.6) is 0 Å². The molecule has 3 amide bonds. The molecule has 1 aromatic carbocycles. The van der Waals surface area contributed by atoms with E-state index in [0.29, 0.717) is 13.0 Å². The summed E-state index contributed by atoms with van der Waals surface area (Å²) in [4.78, 5) is 27.9. The van der Waals surface area contributed by atoms with Crippen molar-refractivity contribution in [1.82, 2.24) is 15.1 Å². The molecule has 0 radical (unpaired) electrons. The zero-order valence-corrected chi connectivity index (χ0v) is 18.1. The average molecular weight is 432 g/mol. The van der Waals surface area contributed by atoms with Gasteiger partial charge in [0, 0.05) is 25.3 Å². The van der Waals surface area contributed by atoms with Gasteiger partial charge in [-0.25, -0.2) is 9.59 Å². The Morgan fingerprint density at radius 3 is 2.10 bits per heavy atom. The highest BCUT2D eigenvalue weighted by Crippen LogP contribution is 2.29. The van der Waals surface area contributed by atoms with Gasteiger partial charge in [-0.3, -0.25) is 0 Å². The summed E-state index contributed by atoms with van der Waals surface area (Å²) < 4.78 is 43.2. The Labute approximate surface area is 175 Å². The maximum atomic E-state index is 12.7. The summed E-state index contributed by atoms with van der Waals surface area (Å²) in [5.74, 6) is 0. The smallest absolute Gasteiger partial charge is 0.416 e. The van der Waals surface area contributed by atoms with Gasteiger partial charge in [0.2, 0.25) is 0 Å². The minimum Gasteiger partial charge on any atom is -0.444 e. The van der Waals surface area contributed by atoms with Gasteiger partial charge in [0.05, 0.1) is 5.56 Å². The predicted octanol–water partition coefficient (Wildman–Crippen LogP) is 4.02. The number of nitrogens with one attached hydrogen (secondary N) is 2. The lowest BCUT2D eigenvalue weighted by Crippen LogP contribution is -2.42. The number of hydrogen-bond donors (Lipinski definition) is 2. The summed E-state index contributed by atoms with van der Waals surface area (Å²) in [7, 11) is 3.83. The largest absolute Gasteiger partial charge is 0.444 e. The summed E-state index contributed by atoms with van der Waals surface area (Å²) in [6, 6.07) is 3.78. The van der Waals surface area contributed by atoms with Crippen LogP contribution in [0.2, 0.25) is 0 Å². The van der Waals surface area contributed by atoms with E-state index in [4.69, 9.17) is 4.74 Å². The van der Waals surface area contributed by atoms with Crippen LogP contribution in [-0.2, 0) is 10.9 Å². The van der Waals surface area contributed by atoms with Crippen molar-refractivity contribution < 1.29 is 27.5 Å². The number of carbonyl (C=O) groups is 2. The summed E-state index contributed by atoms with van der Waals surface area (Å²) in [6.45, 7) is 6.81. The lowest BCUT2D eigenvalue weighted by atomic mass is 10.2. The van der Waals surface area contributed by atoms with Gasteiger partial charge >= 0.3 is 18.3 Å². The third-order valence-electron chi connectivity index (χ3n) is 3.83. The second kappa shape index (κ2) is 11.1. The van der Waals surface area contributed by atoms with Crippen LogP contribution in [0.15, 0.2) is 24.3 Å². The molecule has 30 heavy (non-hydrogen) atoms. The van der Waals surface area contributed by atoms with Crippen molar-refractivity contribution in [3.8, 4) is 0 Å². The van der Waals surface area contributed by atoms with Crippen LogP contribution in [0, 0.1) is 0 Å². The van der Waals surface area contributed by atoms with E-state index in [-0.39, 0.29) is 18.8 Å². The van der Waals surface area contributed by atoms with Gasteiger partial charge in [0.25, 0.3) is 0 Å². The molecule has 0 aliphatic rings. The molecule has 0 atom stereocenters. The lowest BCUT2D eigenvalue weighted by molar-refractivity contribution is -0.137. The Balaban J connectivity index is 2.68. The highest BCUT2D eigenvalue weighted by Gasteiger charge is 2.30. The molecule has 0 bridgehead atoms. The van der Waals surface area contributed by atoms with Crippen LogP contribution in [0.4, 0.5) is 28.4 Å². The number of amides is 3. The van der Waals surface area contributed by atoms with Crippen LogP contribution in [0.1, 0.15) is 32.8 Å². The highest BCUT2D eigenvalue weighted by molar-refractivity contribution is 5.89. The van der Waals surface area contributed by atoms with E-state index in [1.54, 1.807) is 20.8 Å². The van der Waals surface area contributed by atoms with E-state index >= 15 is 0 Å². The molecule has 170 valence electrons. The zero-order valence-electron chi connectivity index (χ0n) is 18.1. The number of carbonyl (C=O) groups excluding carboxylic acids is 2. The average Bonchev–Trinajstić information content (AvgIpc) is 2.58. The molecule has 1 aromatic rings. The Morgan fingerprint density at radius 2 is 1.60 bits per heavy atom. The Hall–Kier alpha value is -2.49. The molecule has 0 aromatic heterocycles. The summed E-state index contributed by atoms with van der Waals surface area (Å²) in [5.41, 5.74) is -1.16. The van der Waals surface area contributed by atoms with Gasteiger partial charge in [-0.1, -0.05) is 0 Å². The molecule has 2 N–H and O–H groups in total. The standard InChI is InChI=1S/C20H31F3N4O3/c1-19(2,3)30-18(29)24-11-14-27(13-6-12-26(4)5)17(28)25-16-9-7-15(8-10-16)20(21,22)23/h7-10H,6,11-14H2,1-5H3,(H,24,29)(H,25,28). The fourth-order valence-corrected chi connectivity index (χ4v) is 2.44. The van der Waals surface area contributed by atoms with Gasteiger partial charge < -0.3 is 25.2 Å². The fourth-order valence-electron chi connectivity index (χ4n) is 2.44. The summed E-state index contributed by atoms with van der Waals surface area (Å²) >= 11 is 0. The first-order chi connectivity index (χ1) is 13.8. The minimum absolute atomic E-state index is 0.178. The molecule has 0 aliphatic carbocycles. The van der Waals surface area contributed by atoms with E-state index in [0.717, 1.165) is 18.7 Å². The lowest BCUT2D eigenvalue weighted by Gasteiger charge is -2.25. The van der Waals surface area contributed by atoms with Crippen LogP contribution >= 0.6 is 0 Å². The molecule has 7 nitrogen and oxygen atoms in total. The molecular formula is C20H31F3N4O3. The molecule has 0 saturated carbocycles. The summed E-state index contributed by atoms with van der Waals surface area (Å²) in [5, 5.41) is 5.19. The second-order valence-corrected chi connectivity index (χ2v) is 8.08. The van der Waals surface area contributed by atoms with Crippen molar-refractivity contribution in [3.05, 3.63) is 29.8 Å². The van der Waals surface area contributed by atoms with Crippen molar-refractivity contribution in [1.29, 1.82) is 0 Å². The monoisotopic (exact) mass is 432 g/mol. The minimum atomic E-state index is -4.44. The van der Waals surface area contributed by atoms with Gasteiger partial charge in [-0.2, -0.15) is 13.2 Å². The number of alkyl halides is 3. The topological polar surface area (TPSA) is 73.9 Å². The highest BCUT2D eigenvalue weighted by atomic mass is 19.4. The van der Waals surface area contributed by atoms with E-state index in [2.05, 4.69) is 10.6 Å². The van der Waals surface area contributed by atoms with Crippen LogP contribution < -0.4 is 10.6 Å². The molecule has 0 saturated heterocycles. The molecule has 0 heterocycles. The van der Waals surface area contributed by atoms with E-state index < -0.39 is 29.5 Å². The van der Waals surface area contributed by atoms with Crippen molar-refractivity contribution in [2.45, 2.75) is 39.0 Å². The first-order valence-electron chi connectivity index (χ1n) is 9.63. The maximum Gasteiger partial charge on any atom is 0.416 e. The predicted molar refractivity (Wildman–Crippen MR) is 109 cm³/mol. The SMILES string of the molecule is CN(C)CCCN(CCNC(=O)OC(C)(C)C)C(=O)Nc1ccc(C(F)(F)F)cc1. The maximum absolute atomic E-state index is 12.7. The number of alkyl carbamates (subject to hydrolysis) is 1. The number of rotatable bonds is 8. The van der Waals surface area contributed by atoms with Gasteiger partial charge in [0.1, 0.15) is 5.60 Å². The fraction of sp³-hybridized carbons (Fsp3) is 0.600. The number of urea groups is 1. The van der Waals surface area contributed by atoms with Crippen LogP contribution in [0.25, 0.3) is 0 Å². The number of nitrogens with zero attached hydrogens (tertiary/aromatic N) is 2. The van der Waals surface area contributed by atoms with Crippen molar-refractivity contribution in [2.75, 3.05) is 45.6 Å². The number of benzene rings is 1. The van der Waals surface area contributed by atoms with Crippen molar-refractivity contribution >= 4 is 17.8 Å². The first-order valence-corrected chi connectivity index (χ1v) is 9.63. The van der Waals surface area contributed by atoms with E-state index in [1.165, 1.54) is 17.0 Å². The summed E-state index contributed by atoms with van der Waals surface area (Å²) in [6.07, 6.45) is -4.33. The molecule has 0 aliphatic heterocycles. The molecule has 0 spiro atoms. The number of ether oxygens (including phenoxy) is 1. The zero-order chi connectivity index (χ0) is 22.9. The molecule has 1 rings (SSSR count). The van der Waals surface area contributed by atoms with Gasteiger partial charge in [-0.05, 0) is 72.1 Å². The molecule has 0 unspecified atom stereocenters. The third-order valence-corrected chi connectivity index (χ3v) is 3.83. The van der Waals surface area contributed by atoms with E-state index in [1.807, 2.05) is 19.0 Å². The normalized spacial score (nSPS) is 11.9. The Bertz CT molecular complexity index is 686. The van der Waals surface area contributed by atoms with Crippen LogP contribution in [-0.4, -0.2) is 67.8 Å². The number of hydrogen-bond acceptors (Lipinski definition) is 4. The Kier molecular flexibility index (Phi) is 9.41. The van der Waals surface area contributed by atoms with E-state index in [9.17, 15) is 22.8 Å². The Morgan fingerprint density at radius 1 is 1.00 bits per heavy atom. The quantitative estimate of drug-likeness (QED) is 0.651. The molecular weight excluding hydrogens is 401 g/mol. The van der Waals surface area contributed by atoms with Gasteiger partial charge in [0.15, 0.2) is 0 Å². The van der Waals surface area contributed by atoms with Crippen molar-refractivity contribution in [2.24, 2.45) is 0 Å². The molecule has 10 heteroatoms. The number of anilines is 1. The number of halogens is 3. The second-order valence-electron chi connectivity index (χ2n) is 8.08. The van der Waals surface area contributed by atoms with Crippen molar-refractivity contribution in [3.63, 3.8) is 0 Å².